The van der Waals surface area contributed by atoms with Gasteiger partial charge in [0.05, 0.1) is 6.04 Å². The van der Waals surface area contributed by atoms with Crippen LogP contribution in [0.2, 0.25) is 0 Å². The minimum absolute atomic E-state index is 0.323. The third-order valence-corrected chi connectivity index (χ3v) is 4.90. The summed E-state index contributed by atoms with van der Waals surface area (Å²) in [5, 5.41) is 7.56. The predicted molar refractivity (Wildman–Crippen MR) is 67.2 cm³/mol. The molecule has 0 amide bonds. The summed E-state index contributed by atoms with van der Waals surface area (Å²) in [5.41, 5.74) is 0. The molecule has 0 radical (unpaired) electrons. The van der Waals surface area contributed by atoms with Gasteiger partial charge in [0.25, 0.3) is 0 Å². The molecule has 1 unspecified atom stereocenters. The van der Waals surface area contributed by atoms with E-state index in [9.17, 15) is 0 Å². The van der Waals surface area contributed by atoms with Gasteiger partial charge in [-0.1, -0.05) is 6.07 Å². The second-order valence-electron chi connectivity index (χ2n) is 2.87. The van der Waals surface area contributed by atoms with Gasteiger partial charge in [-0.15, -0.1) is 22.7 Å². The highest BCUT2D eigenvalue weighted by molar-refractivity contribution is 9.10. The van der Waals surface area contributed by atoms with Gasteiger partial charge in [-0.25, -0.2) is 0 Å². The van der Waals surface area contributed by atoms with Crippen molar-refractivity contribution < 1.29 is 0 Å². The molecule has 0 aliphatic carbocycles. The quantitative estimate of drug-likeness (QED) is 0.903. The smallest absolute Gasteiger partial charge is 0.0773 e. The molecule has 1 N–H and O–H groups in total. The highest BCUT2D eigenvalue weighted by Gasteiger charge is 2.16. The zero-order valence-electron chi connectivity index (χ0n) is 7.66. The van der Waals surface area contributed by atoms with E-state index in [1.165, 1.54) is 14.2 Å². The van der Waals surface area contributed by atoms with E-state index in [1.807, 2.05) is 7.05 Å². The Hall–Kier alpha value is -0.160. The maximum Gasteiger partial charge on any atom is 0.0773 e. The van der Waals surface area contributed by atoms with E-state index < -0.39 is 0 Å². The standard InChI is InChI=1S/C10H10BrNS2/c1-12-9(8-3-2-5-13-8)10-7(11)4-6-14-10/h2-6,9,12H,1H3. The van der Waals surface area contributed by atoms with Gasteiger partial charge < -0.3 is 5.32 Å². The van der Waals surface area contributed by atoms with Crippen LogP contribution in [0.4, 0.5) is 0 Å². The van der Waals surface area contributed by atoms with E-state index >= 15 is 0 Å². The lowest BCUT2D eigenvalue weighted by molar-refractivity contribution is 0.714. The first-order valence-electron chi connectivity index (χ1n) is 4.26. The molecule has 1 nitrogen and oxygen atoms in total. The molecule has 2 heterocycles. The summed E-state index contributed by atoms with van der Waals surface area (Å²) in [6.07, 6.45) is 0. The van der Waals surface area contributed by atoms with Crippen LogP contribution < -0.4 is 5.32 Å². The highest BCUT2D eigenvalue weighted by atomic mass is 79.9. The molecular weight excluding hydrogens is 278 g/mol. The second-order valence-corrected chi connectivity index (χ2v) is 5.65. The first-order chi connectivity index (χ1) is 6.83. The SMILES string of the molecule is CNC(c1cccs1)c1sccc1Br. The number of rotatable bonds is 3. The highest BCUT2D eigenvalue weighted by Crippen LogP contribution is 2.34. The largest absolute Gasteiger partial charge is 0.308 e. The Bertz CT molecular complexity index is 394. The lowest BCUT2D eigenvalue weighted by Crippen LogP contribution is -2.15. The van der Waals surface area contributed by atoms with Crippen LogP contribution in [0.25, 0.3) is 0 Å². The third kappa shape index (κ3) is 1.93. The van der Waals surface area contributed by atoms with Crippen LogP contribution in [-0.2, 0) is 0 Å². The molecule has 0 bridgehead atoms. The average molecular weight is 288 g/mol. The predicted octanol–water partition coefficient (Wildman–Crippen LogP) is 3.88. The van der Waals surface area contributed by atoms with Crippen molar-refractivity contribution >= 4 is 38.6 Å². The van der Waals surface area contributed by atoms with E-state index in [0.29, 0.717) is 6.04 Å². The Morgan fingerprint density at radius 1 is 1.29 bits per heavy atom. The molecule has 0 aromatic carbocycles. The van der Waals surface area contributed by atoms with Crippen molar-refractivity contribution in [1.29, 1.82) is 0 Å². The summed E-state index contributed by atoms with van der Waals surface area (Å²) in [6.45, 7) is 0. The van der Waals surface area contributed by atoms with Crippen LogP contribution in [0, 0.1) is 0 Å². The molecule has 4 heteroatoms. The van der Waals surface area contributed by atoms with Crippen molar-refractivity contribution in [1.82, 2.24) is 5.32 Å². The molecule has 0 aliphatic rings. The van der Waals surface area contributed by atoms with Crippen molar-refractivity contribution in [3.63, 3.8) is 0 Å². The van der Waals surface area contributed by atoms with Crippen molar-refractivity contribution in [3.05, 3.63) is 43.2 Å². The number of hydrogen-bond donors (Lipinski definition) is 1. The lowest BCUT2D eigenvalue weighted by atomic mass is 10.2. The molecule has 2 rings (SSSR count). The summed E-state index contributed by atoms with van der Waals surface area (Å²) < 4.78 is 1.19. The topological polar surface area (TPSA) is 12.0 Å². The Morgan fingerprint density at radius 2 is 2.14 bits per heavy atom. The number of thiophene rings is 2. The molecule has 2 aromatic heterocycles. The monoisotopic (exact) mass is 287 g/mol. The molecule has 0 spiro atoms. The Kier molecular flexibility index (Phi) is 3.38. The van der Waals surface area contributed by atoms with Crippen LogP contribution in [-0.4, -0.2) is 7.05 Å². The summed E-state index contributed by atoms with van der Waals surface area (Å²) in [5.74, 6) is 0. The molecule has 0 fully saturated rings. The van der Waals surface area contributed by atoms with Crippen LogP contribution in [0.15, 0.2) is 33.4 Å². The fraction of sp³-hybridized carbons (Fsp3) is 0.200. The normalized spacial score (nSPS) is 13.0. The molecule has 1 atom stereocenters. The van der Waals surface area contributed by atoms with Crippen LogP contribution in [0.1, 0.15) is 15.8 Å². The van der Waals surface area contributed by atoms with E-state index in [2.05, 4.69) is 50.2 Å². The van der Waals surface area contributed by atoms with Gasteiger partial charge in [0, 0.05) is 14.2 Å². The molecule has 0 saturated heterocycles. The van der Waals surface area contributed by atoms with Crippen molar-refractivity contribution in [3.8, 4) is 0 Å². The molecule has 2 aromatic rings. The van der Waals surface area contributed by atoms with Gasteiger partial charge in [0.2, 0.25) is 0 Å². The molecule has 74 valence electrons. The Balaban J connectivity index is 2.36. The average Bonchev–Trinajstić information content (AvgIpc) is 2.80. The van der Waals surface area contributed by atoms with Crippen LogP contribution in [0.3, 0.4) is 0 Å². The minimum Gasteiger partial charge on any atom is -0.308 e. The maximum absolute atomic E-state index is 3.57. The van der Waals surface area contributed by atoms with E-state index in [-0.39, 0.29) is 0 Å². The lowest BCUT2D eigenvalue weighted by Gasteiger charge is -2.13. The fourth-order valence-corrected chi connectivity index (χ4v) is 4.02. The summed E-state index contributed by atoms with van der Waals surface area (Å²) in [4.78, 5) is 2.70. The van der Waals surface area contributed by atoms with Gasteiger partial charge in [-0.2, -0.15) is 0 Å². The minimum atomic E-state index is 0.323. The van der Waals surface area contributed by atoms with E-state index in [0.717, 1.165) is 0 Å². The zero-order valence-corrected chi connectivity index (χ0v) is 10.9. The van der Waals surface area contributed by atoms with Gasteiger partial charge >= 0.3 is 0 Å². The summed E-state index contributed by atoms with van der Waals surface area (Å²) in [6, 6.07) is 6.67. The van der Waals surface area contributed by atoms with Crippen LogP contribution >= 0.6 is 38.6 Å². The molecule has 14 heavy (non-hydrogen) atoms. The number of nitrogens with one attached hydrogen (secondary N) is 1. The Morgan fingerprint density at radius 3 is 2.64 bits per heavy atom. The van der Waals surface area contributed by atoms with E-state index in [1.54, 1.807) is 22.7 Å². The number of halogens is 1. The first-order valence-corrected chi connectivity index (χ1v) is 6.81. The van der Waals surface area contributed by atoms with Crippen molar-refractivity contribution in [2.24, 2.45) is 0 Å². The number of hydrogen-bond acceptors (Lipinski definition) is 3. The van der Waals surface area contributed by atoms with Gasteiger partial charge in [-0.3, -0.25) is 0 Å². The van der Waals surface area contributed by atoms with Crippen molar-refractivity contribution in [2.75, 3.05) is 7.05 Å². The third-order valence-electron chi connectivity index (χ3n) is 2.02. The molecular formula is C10H10BrNS2. The first kappa shape index (κ1) is 10.4. The van der Waals surface area contributed by atoms with Gasteiger partial charge in [0.1, 0.15) is 0 Å². The molecule has 0 aliphatic heterocycles. The van der Waals surface area contributed by atoms with Gasteiger partial charge in [-0.05, 0) is 45.9 Å². The fourth-order valence-electron chi connectivity index (χ4n) is 1.37. The van der Waals surface area contributed by atoms with Crippen LogP contribution in [0.5, 0.6) is 0 Å². The maximum atomic E-state index is 3.57. The summed E-state index contributed by atoms with van der Waals surface area (Å²) >= 11 is 7.13. The van der Waals surface area contributed by atoms with Gasteiger partial charge in [0.15, 0.2) is 0 Å². The Labute approximate surface area is 99.9 Å². The van der Waals surface area contributed by atoms with Crippen molar-refractivity contribution in [2.45, 2.75) is 6.04 Å². The molecule has 0 saturated carbocycles. The summed E-state index contributed by atoms with van der Waals surface area (Å²) in [7, 11) is 2.00. The van der Waals surface area contributed by atoms with E-state index in [4.69, 9.17) is 0 Å². The zero-order chi connectivity index (χ0) is 9.97. The second kappa shape index (κ2) is 4.57.